The van der Waals surface area contributed by atoms with Gasteiger partial charge in [0.2, 0.25) is 5.91 Å². The summed E-state index contributed by atoms with van der Waals surface area (Å²) in [4.78, 5) is 14.4. The lowest BCUT2D eigenvalue weighted by Crippen LogP contribution is -2.29. The number of aryl methyl sites for hydroxylation is 1. The number of amides is 1. The second-order valence-corrected chi connectivity index (χ2v) is 6.89. The number of nitrogens with one attached hydrogen (secondary N) is 1. The fraction of sp³-hybridized carbons (Fsp3) is 0.412. The first-order valence-corrected chi connectivity index (χ1v) is 8.68. The van der Waals surface area contributed by atoms with Gasteiger partial charge >= 0.3 is 0 Å². The van der Waals surface area contributed by atoms with Gasteiger partial charge in [0.15, 0.2) is 5.82 Å². The third-order valence-corrected chi connectivity index (χ3v) is 4.69. The topological polar surface area (TPSA) is 58.4 Å². The van der Waals surface area contributed by atoms with Crippen LogP contribution >= 0.6 is 23.2 Å². The molecule has 1 aliphatic rings. The molecule has 7 heteroatoms. The summed E-state index contributed by atoms with van der Waals surface area (Å²) in [7, 11) is 0. The predicted octanol–water partition coefficient (Wildman–Crippen LogP) is 4.28. The number of carbonyl (C=O) groups is 1. The lowest BCUT2D eigenvalue weighted by atomic mass is 10.2. The average molecular weight is 368 g/mol. The molecule has 0 bridgehead atoms. The number of rotatable bonds is 7. The van der Waals surface area contributed by atoms with E-state index in [4.69, 9.17) is 27.7 Å². The largest absolute Gasteiger partial charge is 0.360 e. The molecule has 1 aliphatic carbocycles. The van der Waals surface area contributed by atoms with Crippen LogP contribution in [-0.4, -0.2) is 28.6 Å². The van der Waals surface area contributed by atoms with Crippen LogP contribution in [0.25, 0.3) is 0 Å². The maximum absolute atomic E-state index is 12.1. The van der Waals surface area contributed by atoms with E-state index in [1.54, 1.807) is 13.0 Å². The molecule has 0 unspecified atom stereocenters. The molecule has 1 aromatic carbocycles. The van der Waals surface area contributed by atoms with Crippen LogP contribution in [0.15, 0.2) is 28.8 Å². The molecule has 1 amide bonds. The summed E-state index contributed by atoms with van der Waals surface area (Å²) in [6, 6.07) is 7.91. The van der Waals surface area contributed by atoms with Crippen molar-refractivity contribution >= 4 is 34.9 Å². The summed E-state index contributed by atoms with van der Waals surface area (Å²) in [5, 5.41) is 7.63. The minimum Gasteiger partial charge on any atom is -0.360 e. The third kappa shape index (κ3) is 4.72. The highest BCUT2D eigenvalue weighted by atomic mass is 35.5. The zero-order valence-corrected chi connectivity index (χ0v) is 14.9. The Kier molecular flexibility index (Phi) is 5.43. The van der Waals surface area contributed by atoms with Crippen LogP contribution in [0.2, 0.25) is 10.0 Å². The SMILES string of the molecule is Cc1cc(NC(=O)CCN(Cc2ccc(Cl)c(Cl)c2)C2CC2)no1. The second-order valence-electron chi connectivity index (χ2n) is 6.07. The standard InChI is InChI=1S/C17H19Cl2N3O2/c1-11-8-16(21-24-11)20-17(23)6-7-22(13-3-4-13)10-12-2-5-14(18)15(19)9-12/h2,5,8-9,13H,3-4,6-7,10H2,1H3,(H,20,21,23). The molecule has 1 N–H and O–H groups in total. The average Bonchev–Trinajstić information content (AvgIpc) is 3.30. The Hall–Kier alpha value is -1.56. The van der Waals surface area contributed by atoms with Crippen molar-refractivity contribution in [2.75, 3.05) is 11.9 Å². The van der Waals surface area contributed by atoms with Crippen molar-refractivity contribution in [3.8, 4) is 0 Å². The van der Waals surface area contributed by atoms with Gasteiger partial charge in [-0.15, -0.1) is 0 Å². The van der Waals surface area contributed by atoms with Crippen LogP contribution in [-0.2, 0) is 11.3 Å². The van der Waals surface area contributed by atoms with Crippen LogP contribution in [0.5, 0.6) is 0 Å². The Balaban J connectivity index is 1.54. The first-order valence-electron chi connectivity index (χ1n) is 7.92. The molecule has 0 aliphatic heterocycles. The highest BCUT2D eigenvalue weighted by molar-refractivity contribution is 6.42. The van der Waals surface area contributed by atoms with Gasteiger partial charge in [0.1, 0.15) is 5.76 Å². The summed E-state index contributed by atoms with van der Waals surface area (Å²) in [6.45, 7) is 3.24. The van der Waals surface area contributed by atoms with E-state index in [0.717, 1.165) is 12.1 Å². The Morgan fingerprint density at radius 1 is 1.33 bits per heavy atom. The van der Waals surface area contributed by atoms with Gasteiger partial charge in [-0.05, 0) is 37.5 Å². The number of nitrogens with zero attached hydrogens (tertiary/aromatic N) is 2. The zero-order chi connectivity index (χ0) is 17.1. The van der Waals surface area contributed by atoms with Crippen molar-refractivity contribution in [2.45, 2.75) is 38.8 Å². The Bertz CT molecular complexity index is 728. The van der Waals surface area contributed by atoms with Gasteiger partial charge in [-0.1, -0.05) is 34.4 Å². The van der Waals surface area contributed by atoms with Gasteiger partial charge < -0.3 is 9.84 Å². The van der Waals surface area contributed by atoms with E-state index < -0.39 is 0 Å². The third-order valence-electron chi connectivity index (χ3n) is 3.95. The summed E-state index contributed by atoms with van der Waals surface area (Å²) in [6.07, 6.45) is 2.75. The zero-order valence-electron chi connectivity index (χ0n) is 13.4. The molecule has 128 valence electrons. The molecule has 0 radical (unpaired) electrons. The molecule has 0 saturated heterocycles. The summed E-state index contributed by atoms with van der Waals surface area (Å²) >= 11 is 12.0. The van der Waals surface area contributed by atoms with E-state index in [0.29, 0.717) is 40.6 Å². The fourth-order valence-corrected chi connectivity index (χ4v) is 2.90. The molecule has 5 nitrogen and oxygen atoms in total. The molecule has 1 aromatic heterocycles. The van der Waals surface area contributed by atoms with Crippen LogP contribution in [0, 0.1) is 6.92 Å². The lowest BCUT2D eigenvalue weighted by molar-refractivity contribution is -0.116. The van der Waals surface area contributed by atoms with E-state index in [1.165, 1.54) is 12.8 Å². The van der Waals surface area contributed by atoms with Gasteiger partial charge in [0, 0.05) is 31.6 Å². The summed E-state index contributed by atoms with van der Waals surface area (Å²) in [5.74, 6) is 1.06. The summed E-state index contributed by atoms with van der Waals surface area (Å²) in [5.41, 5.74) is 1.10. The van der Waals surface area contributed by atoms with Gasteiger partial charge in [0.25, 0.3) is 0 Å². The smallest absolute Gasteiger partial charge is 0.226 e. The minimum atomic E-state index is -0.0666. The molecule has 0 spiro atoms. The normalized spacial score (nSPS) is 14.2. The van der Waals surface area contributed by atoms with Crippen molar-refractivity contribution in [3.63, 3.8) is 0 Å². The molecule has 3 rings (SSSR count). The van der Waals surface area contributed by atoms with Gasteiger partial charge in [0.05, 0.1) is 10.0 Å². The second kappa shape index (κ2) is 7.55. The van der Waals surface area contributed by atoms with Crippen molar-refractivity contribution < 1.29 is 9.32 Å². The van der Waals surface area contributed by atoms with E-state index in [-0.39, 0.29) is 5.91 Å². The predicted molar refractivity (Wildman–Crippen MR) is 94.4 cm³/mol. The molecule has 0 atom stereocenters. The van der Waals surface area contributed by atoms with Crippen LogP contribution in [0.3, 0.4) is 0 Å². The lowest BCUT2D eigenvalue weighted by Gasteiger charge is -2.22. The first kappa shape index (κ1) is 17.3. The molecule has 1 saturated carbocycles. The fourth-order valence-electron chi connectivity index (χ4n) is 2.58. The number of halogens is 2. The van der Waals surface area contributed by atoms with Gasteiger partial charge in [-0.2, -0.15) is 0 Å². The van der Waals surface area contributed by atoms with Crippen LogP contribution in [0.4, 0.5) is 5.82 Å². The highest BCUT2D eigenvalue weighted by Gasteiger charge is 2.29. The van der Waals surface area contributed by atoms with Crippen molar-refractivity contribution in [2.24, 2.45) is 0 Å². The molecular weight excluding hydrogens is 349 g/mol. The quantitative estimate of drug-likeness (QED) is 0.792. The Morgan fingerprint density at radius 3 is 2.75 bits per heavy atom. The van der Waals surface area contributed by atoms with Crippen molar-refractivity contribution in [1.29, 1.82) is 0 Å². The molecular formula is C17H19Cl2N3O2. The van der Waals surface area contributed by atoms with Crippen molar-refractivity contribution in [1.82, 2.24) is 10.1 Å². The maximum atomic E-state index is 12.1. The number of anilines is 1. The minimum absolute atomic E-state index is 0.0666. The summed E-state index contributed by atoms with van der Waals surface area (Å²) < 4.78 is 4.94. The highest BCUT2D eigenvalue weighted by Crippen LogP contribution is 2.30. The number of carbonyl (C=O) groups excluding carboxylic acids is 1. The van der Waals surface area contributed by atoms with E-state index in [9.17, 15) is 4.79 Å². The van der Waals surface area contributed by atoms with Crippen molar-refractivity contribution in [3.05, 3.63) is 45.6 Å². The van der Waals surface area contributed by atoms with E-state index in [1.807, 2.05) is 18.2 Å². The number of aromatic nitrogens is 1. The first-order chi connectivity index (χ1) is 11.5. The Labute approximate surface area is 150 Å². The van der Waals surface area contributed by atoms with Gasteiger partial charge in [-0.25, -0.2) is 0 Å². The van der Waals surface area contributed by atoms with E-state index in [2.05, 4.69) is 15.4 Å². The van der Waals surface area contributed by atoms with Crippen LogP contribution in [0.1, 0.15) is 30.6 Å². The molecule has 1 fully saturated rings. The Morgan fingerprint density at radius 2 is 2.12 bits per heavy atom. The van der Waals surface area contributed by atoms with E-state index >= 15 is 0 Å². The molecule has 2 aromatic rings. The maximum Gasteiger partial charge on any atom is 0.226 e. The monoisotopic (exact) mass is 367 g/mol. The molecule has 24 heavy (non-hydrogen) atoms. The van der Waals surface area contributed by atoms with Crippen LogP contribution < -0.4 is 5.32 Å². The number of benzene rings is 1. The number of hydrogen-bond donors (Lipinski definition) is 1. The van der Waals surface area contributed by atoms with Gasteiger partial charge in [-0.3, -0.25) is 9.69 Å². The molecule has 1 heterocycles. The number of hydrogen-bond acceptors (Lipinski definition) is 4.